The number of hydrogen-bond donors (Lipinski definition) is 0. The number of benzene rings is 2. The number of nitrogens with zero attached hydrogens (tertiary/aromatic N) is 2. The second kappa shape index (κ2) is 7.20. The molecule has 1 aliphatic heterocycles. The van der Waals surface area contributed by atoms with Gasteiger partial charge >= 0.3 is 0 Å². The summed E-state index contributed by atoms with van der Waals surface area (Å²) in [6.45, 7) is 1.84. The van der Waals surface area contributed by atoms with Gasteiger partial charge in [-0.05, 0) is 42.8 Å². The van der Waals surface area contributed by atoms with Crippen LogP contribution in [-0.4, -0.2) is 10.9 Å². The van der Waals surface area contributed by atoms with Gasteiger partial charge in [0, 0.05) is 9.85 Å². The number of hydrogen-bond acceptors (Lipinski definition) is 5. The van der Waals surface area contributed by atoms with Crippen molar-refractivity contribution in [1.82, 2.24) is 4.98 Å². The maximum absolute atomic E-state index is 13.5. The summed E-state index contributed by atoms with van der Waals surface area (Å²) in [5.41, 5.74) is 1.76. The van der Waals surface area contributed by atoms with Crippen LogP contribution in [0.2, 0.25) is 10.0 Å². The topological polar surface area (TPSA) is 63.4 Å². The number of aryl methyl sites for hydroxylation is 1. The number of anilines is 1. The number of aromatic nitrogens is 1. The van der Waals surface area contributed by atoms with Crippen LogP contribution < -0.4 is 10.3 Å². The average molecular weight is 522 g/mol. The van der Waals surface area contributed by atoms with E-state index in [-0.39, 0.29) is 16.8 Å². The SMILES string of the molecule is Cc1csc(N2C(=O)c3oc4ccc(Br)cc4c(=O)c3[C@@H]2c2ccc(Cl)c(Cl)c2)n1. The standard InChI is InChI=1S/C21H11BrCl2N2O3S/c1-9-8-30-21(25-9)26-17(10-2-4-13(23)14(24)6-10)16-18(27)12-7-11(22)3-5-15(12)29-19(16)20(26)28/h2-8,17H,1H3/t17-/m0/s1. The van der Waals surface area contributed by atoms with Gasteiger partial charge in [-0.25, -0.2) is 4.98 Å². The van der Waals surface area contributed by atoms with Gasteiger partial charge in [0.15, 0.2) is 10.6 Å². The molecular formula is C21H11BrCl2N2O3S. The van der Waals surface area contributed by atoms with E-state index in [1.165, 1.54) is 16.2 Å². The Labute approximate surface area is 193 Å². The minimum Gasteiger partial charge on any atom is -0.450 e. The minimum absolute atomic E-state index is 0.0127. The van der Waals surface area contributed by atoms with E-state index in [9.17, 15) is 9.59 Å². The van der Waals surface area contributed by atoms with Crippen molar-refractivity contribution < 1.29 is 9.21 Å². The van der Waals surface area contributed by atoms with E-state index in [1.54, 1.807) is 36.4 Å². The van der Waals surface area contributed by atoms with Crippen molar-refractivity contribution in [2.24, 2.45) is 0 Å². The first-order valence-electron chi connectivity index (χ1n) is 8.82. The third kappa shape index (κ3) is 3.00. The normalized spacial score (nSPS) is 15.8. The molecule has 0 spiro atoms. The molecule has 5 rings (SSSR count). The minimum atomic E-state index is -0.729. The molecule has 5 nitrogen and oxygen atoms in total. The molecule has 2 aromatic carbocycles. The first-order chi connectivity index (χ1) is 14.3. The van der Waals surface area contributed by atoms with Crippen LogP contribution in [0.15, 0.2) is 55.5 Å². The van der Waals surface area contributed by atoms with Crippen LogP contribution in [0.1, 0.15) is 33.4 Å². The van der Waals surface area contributed by atoms with Gasteiger partial charge in [0.1, 0.15) is 5.58 Å². The molecule has 1 amide bonds. The Morgan fingerprint density at radius 3 is 2.63 bits per heavy atom. The quantitative estimate of drug-likeness (QED) is 0.307. The van der Waals surface area contributed by atoms with E-state index in [0.717, 1.165) is 10.2 Å². The van der Waals surface area contributed by atoms with Crippen LogP contribution in [0.25, 0.3) is 11.0 Å². The largest absolute Gasteiger partial charge is 0.450 e. The molecule has 2 aromatic heterocycles. The van der Waals surface area contributed by atoms with Crippen molar-refractivity contribution in [2.75, 3.05) is 4.90 Å². The Morgan fingerprint density at radius 1 is 1.13 bits per heavy atom. The van der Waals surface area contributed by atoms with Crippen molar-refractivity contribution in [2.45, 2.75) is 13.0 Å². The van der Waals surface area contributed by atoms with Crippen LogP contribution in [-0.2, 0) is 0 Å². The zero-order valence-electron chi connectivity index (χ0n) is 15.3. The first kappa shape index (κ1) is 19.8. The molecule has 0 bridgehead atoms. The van der Waals surface area contributed by atoms with Crippen LogP contribution >= 0.6 is 50.5 Å². The monoisotopic (exact) mass is 520 g/mol. The highest BCUT2D eigenvalue weighted by Crippen LogP contribution is 2.43. The molecular weight excluding hydrogens is 511 g/mol. The Kier molecular flexibility index (Phi) is 4.74. The molecule has 9 heteroatoms. The van der Waals surface area contributed by atoms with Gasteiger partial charge in [-0.1, -0.05) is 45.2 Å². The van der Waals surface area contributed by atoms with Crippen LogP contribution in [0.5, 0.6) is 0 Å². The Hall–Kier alpha value is -2.19. The zero-order chi connectivity index (χ0) is 21.2. The summed E-state index contributed by atoms with van der Waals surface area (Å²) < 4.78 is 6.66. The highest BCUT2D eigenvalue weighted by molar-refractivity contribution is 9.10. The fraction of sp³-hybridized carbons (Fsp3) is 0.0952. The molecule has 150 valence electrons. The molecule has 0 fully saturated rings. The number of carbonyl (C=O) groups is 1. The average Bonchev–Trinajstić information content (AvgIpc) is 3.26. The molecule has 0 saturated heterocycles. The van der Waals surface area contributed by atoms with Gasteiger partial charge in [0.05, 0.1) is 32.7 Å². The summed E-state index contributed by atoms with van der Waals surface area (Å²) in [6, 6.07) is 9.44. The highest BCUT2D eigenvalue weighted by atomic mass is 79.9. The molecule has 1 aliphatic rings. The molecule has 1 atom stereocenters. The van der Waals surface area contributed by atoms with Gasteiger partial charge in [-0.3, -0.25) is 14.5 Å². The molecule has 0 unspecified atom stereocenters. The predicted octanol–water partition coefficient (Wildman–Crippen LogP) is 6.38. The molecule has 0 saturated carbocycles. The fourth-order valence-electron chi connectivity index (χ4n) is 3.59. The van der Waals surface area contributed by atoms with E-state index >= 15 is 0 Å². The Morgan fingerprint density at radius 2 is 1.93 bits per heavy atom. The summed E-state index contributed by atoms with van der Waals surface area (Å²) in [4.78, 5) is 32.9. The van der Waals surface area contributed by atoms with Gasteiger partial charge in [0.25, 0.3) is 5.91 Å². The molecule has 3 heterocycles. The van der Waals surface area contributed by atoms with E-state index < -0.39 is 11.9 Å². The summed E-state index contributed by atoms with van der Waals surface area (Å²) >= 11 is 17.1. The van der Waals surface area contributed by atoms with E-state index in [0.29, 0.717) is 31.7 Å². The number of fused-ring (bicyclic) bond motifs is 2. The molecule has 0 N–H and O–H groups in total. The van der Waals surface area contributed by atoms with Gasteiger partial charge < -0.3 is 4.42 Å². The molecule has 4 aromatic rings. The van der Waals surface area contributed by atoms with Crippen LogP contribution in [0, 0.1) is 6.92 Å². The lowest BCUT2D eigenvalue weighted by Gasteiger charge is -2.22. The van der Waals surface area contributed by atoms with Crippen molar-refractivity contribution >= 4 is 72.5 Å². The number of rotatable bonds is 2. The second-order valence-corrected chi connectivity index (χ2v) is 9.40. The second-order valence-electron chi connectivity index (χ2n) is 6.84. The third-order valence-corrected chi connectivity index (χ3v) is 7.09. The van der Waals surface area contributed by atoms with Crippen LogP contribution in [0.3, 0.4) is 0 Å². The number of carbonyl (C=O) groups excluding carboxylic acids is 1. The number of amides is 1. The predicted molar refractivity (Wildman–Crippen MR) is 122 cm³/mol. The van der Waals surface area contributed by atoms with E-state index in [1.807, 2.05) is 12.3 Å². The summed E-state index contributed by atoms with van der Waals surface area (Å²) in [6.07, 6.45) is 0. The van der Waals surface area contributed by atoms with Crippen molar-refractivity contribution in [3.8, 4) is 0 Å². The lowest BCUT2D eigenvalue weighted by Crippen LogP contribution is -2.29. The third-order valence-electron chi connectivity index (χ3n) is 4.90. The van der Waals surface area contributed by atoms with Crippen molar-refractivity contribution in [3.63, 3.8) is 0 Å². The highest BCUT2D eigenvalue weighted by Gasteiger charge is 2.45. The van der Waals surface area contributed by atoms with Gasteiger partial charge in [-0.2, -0.15) is 0 Å². The number of halogens is 3. The summed E-state index contributed by atoms with van der Waals surface area (Å²) in [7, 11) is 0. The van der Waals surface area contributed by atoms with Gasteiger partial charge in [0.2, 0.25) is 5.76 Å². The van der Waals surface area contributed by atoms with E-state index in [4.69, 9.17) is 27.6 Å². The lowest BCUT2D eigenvalue weighted by atomic mass is 9.99. The molecule has 30 heavy (non-hydrogen) atoms. The first-order valence-corrected chi connectivity index (χ1v) is 11.2. The summed E-state index contributed by atoms with van der Waals surface area (Å²) in [5, 5.41) is 3.43. The molecule has 0 aliphatic carbocycles. The zero-order valence-corrected chi connectivity index (χ0v) is 19.2. The smallest absolute Gasteiger partial charge is 0.297 e. The van der Waals surface area contributed by atoms with E-state index in [2.05, 4.69) is 20.9 Å². The molecule has 0 radical (unpaired) electrons. The van der Waals surface area contributed by atoms with Crippen molar-refractivity contribution in [3.05, 3.63) is 89.1 Å². The fourth-order valence-corrected chi connectivity index (χ4v) is 5.09. The maximum Gasteiger partial charge on any atom is 0.297 e. The maximum atomic E-state index is 13.5. The number of thiazole rings is 1. The Bertz CT molecular complexity index is 1420. The van der Waals surface area contributed by atoms with Crippen LogP contribution in [0.4, 0.5) is 5.13 Å². The Balaban J connectivity index is 1.84. The van der Waals surface area contributed by atoms with Gasteiger partial charge in [-0.15, -0.1) is 11.3 Å². The lowest BCUT2D eigenvalue weighted by molar-refractivity contribution is 0.0971. The van der Waals surface area contributed by atoms with Crippen molar-refractivity contribution in [1.29, 1.82) is 0 Å². The summed E-state index contributed by atoms with van der Waals surface area (Å²) in [5.74, 6) is -0.406.